The van der Waals surface area contributed by atoms with Crippen LogP contribution >= 0.6 is 0 Å². The molecule has 0 saturated carbocycles. The first-order chi connectivity index (χ1) is 9.20. The van der Waals surface area contributed by atoms with Crippen LogP contribution in [0.2, 0.25) is 0 Å². The predicted octanol–water partition coefficient (Wildman–Crippen LogP) is 3.61. The molecular weight excluding hydrogens is 238 g/mol. The quantitative estimate of drug-likeness (QED) is 0.492. The molecule has 0 aromatic carbocycles. The summed E-state index contributed by atoms with van der Waals surface area (Å²) in [4.78, 5) is 0. The summed E-state index contributed by atoms with van der Waals surface area (Å²) in [5.41, 5.74) is 5.52. The zero-order valence-corrected chi connectivity index (χ0v) is 13.3. The summed E-state index contributed by atoms with van der Waals surface area (Å²) < 4.78 is 10.4. The van der Waals surface area contributed by atoms with Gasteiger partial charge in [-0.2, -0.15) is 0 Å². The van der Waals surface area contributed by atoms with Gasteiger partial charge < -0.3 is 15.2 Å². The fourth-order valence-electron chi connectivity index (χ4n) is 2.27. The van der Waals surface area contributed by atoms with Gasteiger partial charge in [-0.25, -0.2) is 0 Å². The molecule has 0 aliphatic carbocycles. The lowest BCUT2D eigenvalue weighted by atomic mass is 9.92. The number of hydrogen-bond acceptors (Lipinski definition) is 3. The Morgan fingerprint density at radius 3 is 2.00 bits per heavy atom. The molecule has 2 N–H and O–H groups in total. The molecule has 0 fully saturated rings. The van der Waals surface area contributed by atoms with Crippen molar-refractivity contribution in [1.82, 2.24) is 0 Å². The molecule has 0 spiro atoms. The van der Waals surface area contributed by atoms with Crippen LogP contribution in [0.25, 0.3) is 0 Å². The summed E-state index contributed by atoms with van der Waals surface area (Å²) in [7, 11) is 1.71. The van der Waals surface area contributed by atoms with Crippen molar-refractivity contribution in [3.8, 4) is 0 Å². The number of methoxy groups -OCH3 is 1. The van der Waals surface area contributed by atoms with Gasteiger partial charge in [0.25, 0.3) is 0 Å². The lowest BCUT2D eigenvalue weighted by Gasteiger charge is -2.15. The van der Waals surface area contributed by atoms with Crippen LogP contribution in [0.3, 0.4) is 0 Å². The molecule has 0 aromatic rings. The number of ether oxygens (including phenoxy) is 2. The lowest BCUT2D eigenvalue weighted by molar-refractivity contribution is 0.0672. The summed E-state index contributed by atoms with van der Waals surface area (Å²) >= 11 is 0. The summed E-state index contributed by atoms with van der Waals surface area (Å²) in [6.07, 6.45) is 8.97. The number of nitrogens with two attached hydrogens (primary N) is 1. The standard InChI is InChI=1S/C16H35NO2/c1-15(7-4-5-11-17)9-10-16(2)8-6-12-19-14-13-18-3/h15-16H,4-14,17H2,1-3H3. The average Bonchev–Trinajstić information content (AvgIpc) is 2.40. The minimum absolute atomic E-state index is 0.704. The van der Waals surface area contributed by atoms with Gasteiger partial charge in [0.1, 0.15) is 0 Å². The van der Waals surface area contributed by atoms with E-state index in [0.29, 0.717) is 6.61 Å². The van der Waals surface area contributed by atoms with Crippen molar-refractivity contribution in [1.29, 1.82) is 0 Å². The Bertz CT molecular complexity index is 176. The Kier molecular flexibility index (Phi) is 14.2. The summed E-state index contributed by atoms with van der Waals surface area (Å²) in [5, 5.41) is 0. The van der Waals surface area contributed by atoms with Gasteiger partial charge in [-0.3, -0.25) is 0 Å². The van der Waals surface area contributed by atoms with E-state index < -0.39 is 0 Å². The Balaban J connectivity index is 3.30. The van der Waals surface area contributed by atoms with E-state index in [9.17, 15) is 0 Å². The van der Waals surface area contributed by atoms with Gasteiger partial charge in [-0.1, -0.05) is 39.5 Å². The first-order valence-corrected chi connectivity index (χ1v) is 7.97. The molecule has 3 heteroatoms. The molecule has 2 unspecified atom stereocenters. The van der Waals surface area contributed by atoms with Gasteiger partial charge in [0.05, 0.1) is 13.2 Å². The van der Waals surface area contributed by atoms with E-state index in [2.05, 4.69) is 13.8 Å². The second-order valence-corrected chi connectivity index (χ2v) is 5.82. The average molecular weight is 273 g/mol. The maximum absolute atomic E-state index is 5.52. The van der Waals surface area contributed by atoms with Crippen molar-refractivity contribution in [2.45, 2.75) is 58.8 Å². The highest BCUT2D eigenvalue weighted by atomic mass is 16.5. The molecule has 0 saturated heterocycles. The van der Waals surface area contributed by atoms with Crippen molar-refractivity contribution in [3.63, 3.8) is 0 Å². The Morgan fingerprint density at radius 1 is 0.789 bits per heavy atom. The SMILES string of the molecule is COCCOCCCC(C)CCC(C)CCCCN. The zero-order valence-electron chi connectivity index (χ0n) is 13.3. The molecule has 116 valence electrons. The minimum atomic E-state index is 0.704. The zero-order chi connectivity index (χ0) is 14.3. The van der Waals surface area contributed by atoms with Crippen LogP contribution in [0.15, 0.2) is 0 Å². The van der Waals surface area contributed by atoms with E-state index in [-0.39, 0.29) is 0 Å². The van der Waals surface area contributed by atoms with Crippen molar-refractivity contribution in [3.05, 3.63) is 0 Å². The van der Waals surface area contributed by atoms with Crippen molar-refractivity contribution >= 4 is 0 Å². The van der Waals surface area contributed by atoms with Crippen LogP contribution in [-0.4, -0.2) is 33.5 Å². The van der Waals surface area contributed by atoms with E-state index in [4.69, 9.17) is 15.2 Å². The van der Waals surface area contributed by atoms with E-state index in [1.807, 2.05) is 0 Å². The second kappa shape index (κ2) is 14.3. The van der Waals surface area contributed by atoms with Gasteiger partial charge in [0.2, 0.25) is 0 Å². The van der Waals surface area contributed by atoms with Gasteiger partial charge in [0.15, 0.2) is 0 Å². The highest BCUT2D eigenvalue weighted by Gasteiger charge is 2.06. The third-order valence-corrected chi connectivity index (χ3v) is 3.72. The molecule has 0 bridgehead atoms. The third kappa shape index (κ3) is 14.1. The monoisotopic (exact) mass is 273 g/mol. The smallest absolute Gasteiger partial charge is 0.0700 e. The first-order valence-electron chi connectivity index (χ1n) is 7.97. The van der Waals surface area contributed by atoms with E-state index >= 15 is 0 Å². The fourth-order valence-corrected chi connectivity index (χ4v) is 2.27. The van der Waals surface area contributed by atoms with Crippen molar-refractivity contribution < 1.29 is 9.47 Å². The molecular formula is C16H35NO2. The first kappa shape index (κ1) is 18.9. The van der Waals surface area contributed by atoms with Crippen LogP contribution in [-0.2, 0) is 9.47 Å². The molecule has 0 rings (SSSR count). The highest BCUT2D eigenvalue weighted by molar-refractivity contribution is 4.59. The predicted molar refractivity (Wildman–Crippen MR) is 82.4 cm³/mol. The molecule has 0 radical (unpaired) electrons. The number of rotatable bonds is 14. The van der Waals surface area contributed by atoms with Crippen LogP contribution in [0.4, 0.5) is 0 Å². The Hall–Kier alpha value is -0.120. The molecule has 0 aliphatic heterocycles. The van der Waals surface area contributed by atoms with Crippen molar-refractivity contribution in [2.75, 3.05) is 33.5 Å². The Labute approximate surface area is 120 Å². The van der Waals surface area contributed by atoms with E-state index in [0.717, 1.165) is 31.6 Å². The maximum atomic E-state index is 5.52. The third-order valence-electron chi connectivity index (χ3n) is 3.72. The van der Waals surface area contributed by atoms with Crippen LogP contribution in [0.1, 0.15) is 58.8 Å². The lowest BCUT2D eigenvalue weighted by Crippen LogP contribution is -2.06. The van der Waals surface area contributed by atoms with Crippen molar-refractivity contribution in [2.24, 2.45) is 17.6 Å². The van der Waals surface area contributed by atoms with Gasteiger partial charge in [0, 0.05) is 13.7 Å². The summed E-state index contributed by atoms with van der Waals surface area (Å²) in [6, 6.07) is 0. The molecule has 3 nitrogen and oxygen atoms in total. The molecule has 0 aliphatic rings. The molecule has 19 heavy (non-hydrogen) atoms. The molecule has 2 atom stereocenters. The van der Waals surface area contributed by atoms with Gasteiger partial charge >= 0.3 is 0 Å². The van der Waals surface area contributed by atoms with E-state index in [1.54, 1.807) is 7.11 Å². The van der Waals surface area contributed by atoms with Crippen LogP contribution in [0, 0.1) is 11.8 Å². The molecule has 0 amide bonds. The normalized spacial score (nSPS) is 14.5. The fraction of sp³-hybridized carbons (Fsp3) is 1.00. The summed E-state index contributed by atoms with van der Waals surface area (Å²) in [5.74, 6) is 1.68. The minimum Gasteiger partial charge on any atom is -0.382 e. The van der Waals surface area contributed by atoms with E-state index in [1.165, 1.54) is 44.9 Å². The molecule has 0 heterocycles. The highest BCUT2D eigenvalue weighted by Crippen LogP contribution is 2.20. The van der Waals surface area contributed by atoms with Gasteiger partial charge in [-0.05, 0) is 37.6 Å². The van der Waals surface area contributed by atoms with Crippen LogP contribution in [0.5, 0.6) is 0 Å². The maximum Gasteiger partial charge on any atom is 0.0700 e. The number of unbranched alkanes of at least 4 members (excludes halogenated alkanes) is 1. The van der Waals surface area contributed by atoms with Gasteiger partial charge in [-0.15, -0.1) is 0 Å². The van der Waals surface area contributed by atoms with Crippen LogP contribution < -0.4 is 5.73 Å². The Morgan fingerprint density at radius 2 is 1.42 bits per heavy atom. The summed E-state index contributed by atoms with van der Waals surface area (Å²) in [6.45, 7) is 7.88. The number of hydrogen-bond donors (Lipinski definition) is 1. The topological polar surface area (TPSA) is 44.5 Å². The molecule has 0 aromatic heterocycles. The second-order valence-electron chi connectivity index (χ2n) is 5.82. The largest absolute Gasteiger partial charge is 0.382 e.